The van der Waals surface area contributed by atoms with Crippen molar-refractivity contribution >= 4 is 39.5 Å². The number of carbonyl (C=O) groups excluding carboxylic acids is 2. The van der Waals surface area contributed by atoms with Crippen molar-refractivity contribution in [2.45, 2.75) is 26.4 Å². The number of hydrogen-bond donors (Lipinski definition) is 3. The number of ether oxygens (including phenoxy) is 1. The van der Waals surface area contributed by atoms with Crippen LogP contribution in [0.5, 0.6) is 0 Å². The summed E-state index contributed by atoms with van der Waals surface area (Å²) in [5, 5.41) is 8.60. The van der Waals surface area contributed by atoms with Crippen molar-refractivity contribution < 1.29 is 14.3 Å². The molecule has 0 saturated heterocycles. The van der Waals surface area contributed by atoms with Gasteiger partial charge >= 0.3 is 6.09 Å². The number of nitrogens with two attached hydrogens (primary N) is 1. The van der Waals surface area contributed by atoms with Gasteiger partial charge < -0.3 is 21.1 Å². The SMILES string of the molecule is CC(C)(C)OC(=O)NCCNc1nc2cc(C(N)=O)ccc2c2cnccc12. The maximum atomic E-state index is 11.7. The van der Waals surface area contributed by atoms with Gasteiger partial charge in [-0.2, -0.15) is 0 Å². The number of alkyl carbamates (subject to hydrolysis) is 1. The Morgan fingerprint density at radius 3 is 2.61 bits per heavy atom. The van der Waals surface area contributed by atoms with Gasteiger partial charge in [0.15, 0.2) is 0 Å². The summed E-state index contributed by atoms with van der Waals surface area (Å²) in [6.07, 6.45) is 2.98. The second-order valence-corrected chi connectivity index (χ2v) is 7.33. The summed E-state index contributed by atoms with van der Waals surface area (Å²) in [5.74, 6) is 0.128. The van der Waals surface area contributed by atoms with E-state index in [2.05, 4.69) is 20.6 Å². The number of pyridine rings is 2. The minimum absolute atomic E-state index is 0.364. The molecule has 0 saturated carbocycles. The molecule has 0 fully saturated rings. The van der Waals surface area contributed by atoms with Crippen LogP contribution in [0.1, 0.15) is 31.1 Å². The van der Waals surface area contributed by atoms with E-state index in [4.69, 9.17) is 10.5 Å². The molecule has 3 aromatic rings. The largest absolute Gasteiger partial charge is 0.444 e. The molecule has 0 aliphatic heterocycles. The fourth-order valence-corrected chi connectivity index (χ4v) is 2.80. The van der Waals surface area contributed by atoms with Crippen LogP contribution in [-0.2, 0) is 4.74 Å². The molecule has 0 bridgehead atoms. The van der Waals surface area contributed by atoms with E-state index in [1.807, 2.05) is 32.9 Å². The Labute approximate surface area is 162 Å². The van der Waals surface area contributed by atoms with Gasteiger partial charge in [-0.1, -0.05) is 6.07 Å². The standard InChI is InChI=1S/C20H23N5O3/c1-20(2,3)28-19(27)24-9-8-23-18-14-6-7-22-11-15(14)13-5-4-12(17(21)26)10-16(13)25-18/h4-7,10-11H,8-9H2,1-3H3,(H2,21,26)(H,23,25)(H,24,27). The molecular formula is C20H23N5O3. The number of carbonyl (C=O) groups is 2. The number of hydrogen-bond acceptors (Lipinski definition) is 6. The Hall–Kier alpha value is -3.42. The topological polar surface area (TPSA) is 119 Å². The average molecular weight is 381 g/mol. The highest BCUT2D eigenvalue weighted by molar-refractivity contribution is 6.11. The van der Waals surface area contributed by atoms with Gasteiger partial charge in [-0.05, 0) is 39.0 Å². The lowest BCUT2D eigenvalue weighted by molar-refractivity contribution is 0.0530. The molecule has 4 N–H and O–H groups in total. The zero-order valence-electron chi connectivity index (χ0n) is 16.1. The third-order valence-electron chi connectivity index (χ3n) is 3.97. The van der Waals surface area contributed by atoms with Gasteiger partial charge in [0.25, 0.3) is 0 Å². The molecule has 0 aliphatic rings. The summed E-state index contributed by atoms with van der Waals surface area (Å²) in [5.41, 5.74) is 5.86. The number of aromatic nitrogens is 2. The maximum absolute atomic E-state index is 11.7. The highest BCUT2D eigenvalue weighted by atomic mass is 16.6. The zero-order chi connectivity index (χ0) is 20.3. The summed E-state index contributed by atoms with van der Waals surface area (Å²) in [4.78, 5) is 32.0. The molecule has 0 aliphatic carbocycles. The first-order valence-electron chi connectivity index (χ1n) is 8.92. The number of rotatable bonds is 5. The lowest BCUT2D eigenvalue weighted by atomic mass is 10.1. The first-order chi connectivity index (χ1) is 13.2. The van der Waals surface area contributed by atoms with Crippen molar-refractivity contribution in [2.24, 2.45) is 5.73 Å². The van der Waals surface area contributed by atoms with Crippen molar-refractivity contribution in [1.29, 1.82) is 0 Å². The van der Waals surface area contributed by atoms with Crippen LogP contribution in [0.3, 0.4) is 0 Å². The van der Waals surface area contributed by atoms with E-state index >= 15 is 0 Å². The molecule has 0 radical (unpaired) electrons. The predicted octanol–water partition coefficient (Wildman–Crippen LogP) is 2.82. The van der Waals surface area contributed by atoms with Gasteiger partial charge in [0.05, 0.1) is 5.52 Å². The summed E-state index contributed by atoms with van der Waals surface area (Å²) in [6, 6.07) is 7.03. The Morgan fingerprint density at radius 2 is 1.89 bits per heavy atom. The fourth-order valence-electron chi connectivity index (χ4n) is 2.80. The number of primary amides is 1. The minimum Gasteiger partial charge on any atom is -0.444 e. The Bertz CT molecular complexity index is 1040. The number of amides is 2. The average Bonchev–Trinajstić information content (AvgIpc) is 2.63. The molecule has 146 valence electrons. The first-order valence-corrected chi connectivity index (χ1v) is 8.92. The fraction of sp³-hybridized carbons (Fsp3) is 0.300. The van der Waals surface area contributed by atoms with Crippen molar-refractivity contribution in [2.75, 3.05) is 18.4 Å². The zero-order valence-corrected chi connectivity index (χ0v) is 16.1. The van der Waals surface area contributed by atoms with Crippen molar-refractivity contribution in [3.63, 3.8) is 0 Å². The smallest absolute Gasteiger partial charge is 0.407 e. The Kier molecular flexibility index (Phi) is 5.30. The lowest BCUT2D eigenvalue weighted by Gasteiger charge is -2.19. The van der Waals surface area contributed by atoms with Crippen LogP contribution in [0, 0.1) is 0 Å². The van der Waals surface area contributed by atoms with Gasteiger partial charge in [-0.25, -0.2) is 9.78 Å². The van der Waals surface area contributed by atoms with E-state index in [0.717, 1.165) is 16.2 Å². The van der Waals surface area contributed by atoms with Gasteiger partial charge in [-0.3, -0.25) is 9.78 Å². The molecule has 0 spiro atoms. The van der Waals surface area contributed by atoms with Crippen LogP contribution in [0.2, 0.25) is 0 Å². The first kappa shape index (κ1) is 19.3. The third-order valence-corrected chi connectivity index (χ3v) is 3.97. The number of anilines is 1. The quantitative estimate of drug-likeness (QED) is 0.462. The summed E-state index contributed by atoms with van der Waals surface area (Å²) in [6.45, 7) is 6.24. The molecule has 8 heteroatoms. The number of fused-ring (bicyclic) bond motifs is 3. The van der Waals surface area contributed by atoms with Crippen LogP contribution < -0.4 is 16.4 Å². The molecule has 3 rings (SSSR count). The monoisotopic (exact) mass is 381 g/mol. The van der Waals surface area contributed by atoms with E-state index in [1.54, 1.807) is 24.5 Å². The number of nitrogens with one attached hydrogen (secondary N) is 2. The third kappa shape index (κ3) is 4.46. The maximum Gasteiger partial charge on any atom is 0.407 e. The molecule has 0 unspecified atom stereocenters. The Morgan fingerprint density at radius 1 is 1.11 bits per heavy atom. The van der Waals surface area contributed by atoms with E-state index in [9.17, 15) is 9.59 Å². The van der Waals surface area contributed by atoms with E-state index in [0.29, 0.717) is 30.0 Å². The predicted molar refractivity (Wildman–Crippen MR) is 108 cm³/mol. The molecule has 0 atom stereocenters. The summed E-state index contributed by atoms with van der Waals surface area (Å²) in [7, 11) is 0. The summed E-state index contributed by atoms with van der Waals surface area (Å²) < 4.78 is 5.21. The summed E-state index contributed by atoms with van der Waals surface area (Å²) >= 11 is 0. The highest BCUT2D eigenvalue weighted by Gasteiger charge is 2.15. The van der Waals surface area contributed by atoms with Crippen molar-refractivity contribution in [1.82, 2.24) is 15.3 Å². The molecular weight excluding hydrogens is 358 g/mol. The molecule has 8 nitrogen and oxygen atoms in total. The molecule has 2 amide bonds. The molecule has 2 heterocycles. The number of nitrogens with zero attached hydrogens (tertiary/aromatic N) is 2. The van der Waals surface area contributed by atoms with Gasteiger partial charge in [-0.15, -0.1) is 0 Å². The Balaban J connectivity index is 1.81. The van der Waals surface area contributed by atoms with Crippen LogP contribution in [0.4, 0.5) is 10.6 Å². The second kappa shape index (κ2) is 7.67. The van der Waals surface area contributed by atoms with Crippen molar-refractivity contribution in [3.05, 3.63) is 42.2 Å². The lowest BCUT2D eigenvalue weighted by Crippen LogP contribution is -2.35. The van der Waals surface area contributed by atoms with E-state index in [-0.39, 0.29) is 0 Å². The van der Waals surface area contributed by atoms with Gasteiger partial charge in [0.2, 0.25) is 5.91 Å². The minimum atomic E-state index is -0.543. The van der Waals surface area contributed by atoms with Gasteiger partial charge in [0.1, 0.15) is 11.4 Å². The van der Waals surface area contributed by atoms with Crippen LogP contribution >= 0.6 is 0 Å². The molecule has 28 heavy (non-hydrogen) atoms. The normalized spacial score (nSPS) is 11.4. The second-order valence-electron chi connectivity index (χ2n) is 7.33. The number of benzene rings is 1. The van der Waals surface area contributed by atoms with Crippen molar-refractivity contribution in [3.8, 4) is 0 Å². The van der Waals surface area contributed by atoms with E-state index < -0.39 is 17.6 Å². The highest BCUT2D eigenvalue weighted by Crippen LogP contribution is 2.29. The van der Waals surface area contributed by atoms with Crippen LogP contribution in [0.25, 0.3) is 21.7 Å². The van der Waals surface area contributed by atoms with Gasteiger partial charge in [0, 0.05) is 47.2 Å². The molecule has 1 aromatic carbocycles. The van der Waals surface area contributed by atoms with Crippen LogP contribution in [0.15, 0.2) is 36.7 Å². The van der Waals surface area contributed by atoms with Crippen LogP contribution in [-0.4, -0.2) is 40.7 Å². The molecule has 2 aromatic heterocycles. The van der Waals surface area contributed by atoms with E-state index in [1.165, 1.54) is 0 Å².